The summed E-state index contributed by atoms with van der Waals surface area (Å²) in [7, 11) is 0. The zero-order valence-corrected chi connectivity index (χ0v) is 11.4. The number of aliphatic hydroxyl groups is 3. The van der Waals surface area contributed by atoms with E-state index in [-0.39, 0.29) is 12.4 Å². The topological polar surface area (TPSA) is 91.2 Å². The van der Waals surface area contributed by atoms with Gasteiger partial charge >= 0.3 is 5.57 Å². The molecule has 1 saturated heterocycles. The predicted octanol–water partition coefficient (Wildman–Crippen LogP) is 0.705. The van der Waals surface area contributed by atoms with Gasteiger partial charge in [-0.1, -0.05) is 0 Å². The monoisotopic (exact) mass is 325 g/mol. The summed E-state index contributed by atoms with van der Waals surface area (Å²) in [6.07, 6.45) is -4.78. The van der Waals surface area contributed by atoms with Crippen molar-refractivity contribution in [2.24, 2.45) is 0 Å². The number of rotatable bonds is 4. The molecule has 2 rings (SSSR count). The van der Waals surface area contributed by atoms with Crippen LogP contribution in [0.3, 0.4) is 0 Å². The van der Waals surface area contributed by atoms with E-state index in [0.717, 1.165) is 0 Å². The van der Waals surface area contributed by atoms with Crippen molar-refractivity contribution in [1.29, 1.82) is 0 Å². The highest BCUT2D eigenvalue weighted by molar-refractivity contribution is 6.20. The fraction of sp³-hybridized carbons (Fsp3) is 0.500. The van der Waals surface area contributed by atoms with Crippen LogP contribution >= 0.6 is 11.6 Å². The van der Waals surface area contributed by atoms with Crippen LogP contribution in [-0.2, 0) is 4.74 Å². The van der Waals surface area contributed by atoms with Crippen LogP contribution in [0.1, 0.15) is 0 Å². The van der Waals surface area contributed by atoms with Crippen LogP contribution in [0.4, 0.5) is 14.5 Å². The summed E-state index contributed by atoms with van der Waals surface area (Å²) in [5, 5.41) is 31.3. The second kappa shape index (κ2) is 6.29. The standard InChI is InChI=1S/C12H14ClF2NO5/c13-12(14,15)21-7-3-1-6(2-4-7)16-11-10(19)9(18)8(17)5-20-11/h1-4,8-11,16-19H,5H2/t8-,9-,10+,11-/m1/s1. The zero-order chi connectivity index (χ0) is 15.6. The van der Waals surface area contributed by atoms with Crippen LogP contribution in [0.5, 0.6) is 5.75 Å². The van der Waals surface area contributed by atoms with Gasteiger partial charge in [0.2, 0.25) is 0 Å². The molecule has 118 valence electrons. The number of nitrogens with one attached hydrogen (secondary N) is 1. The Bertz CT molecular complexity index is 470. The molecule has 0 aromatic heterocycles. The minimum Gasteiger partial charge on any atom is -0.420 e. The van der Waals surface area contributed by atoms with Crippen molar-refractivity contribution in [2.45, 2.75) is 30.1 Å². The van der Waals surface area contributed by atoms with Crippen LogP contribution < -0.4 is 10.1 Å². The number of hydrogen-bond acceptors (Lipinski definition) is 6. The molecule has 0 unspecified atom stereocenters. The van der Waals surface area contributed by atoms with E-state index < -0.39 is 30.1 Å². The first kappa shape index (κ1) is 16.2. The number of halogens is 3. The van der Waals surface area contributed by atoms with E-state index in [9.17, 15) is 24.1 Å². The molecule has 1 aliphatic rings. The summed E-state index contributed by atoms with van der Waals surface area (Å²) in [6, 6.07) is 5.31. The van der Waals surface area contributed by atoms with E-state index >= 15 is 0 Å². The lowest BCUT2D eigenvalue weighted by atomic mass is 10.0. The van der Waals surface area contributed by atoms with Crippen LogP contribution in [0.2, 0.25) is 0 Å². The van der Waals surface area contributed by atoms with Gasteiger partial charge in [0.1, 0.15) is 24.1 Å². The molecule has 0 amide bonds. The lowest BCUT2D eigenvalue weighted by molar-refractivity contribution is -0.178. The maximum absolute atomic E-state index is 12.4. The molecule has 1 aromatic rings. The second-order valence-corrected chi connectivity index (χ2v) is 4.96. The molecule has 1 aromatic carbocycles. The summed E-state index contributed by atoms with van der Waals surface area (Å²) in [5.41, 5.74) is -3.36. The number of anilines is 1. The Morgan fingerprint density at radius 1 is 1.19 bits per heavy atom. The number of ether oxygens (including phenoxy) is 2. The van der Waals surface area contributed by atoms with Crippen LogP contribution in [0.15, 0.2) is 24.3 Å². The smallest absolute Gasteiger partial charge is 0.420 e. The fourth-order valence-electron chi connectivity index (χ4n) is 1.85. The van der Waals surface area contributed by atoms with E-state index in [1.165, 1.54) is 24.3 Å². The largest absolute Gasteiger partial charge is 0.487 e. The summed E-state index contributed by atoms with van der Waals surface area (Å²) >= 11 is 4.64. The number of hydrogen-bond donors (Lipinski definition) is 4. The molecule has 0 saturated carbocycles. The summed E-state index contributed by atoms with van der Waals surface area (Å²) in [5.74, 6) is -0.138. The fourth-order valence-corrected chi connectivity index (χ4v) is 1.94. The van der Waals surface area contributed by atoms with E-state index in [1.807, 2.05) is 0 Å². The van der Waals surface area contributed by atoms with Gasteiger partial charge < -0.3 is 30.1 Å². The Kier molecular flexibility index (Phi) is 4.84. The SMILES string of the molecule is O[C@H]1[C@H](O)[C@H](Nc2ccc(OC(F)(F)Cl)cc2)OC[C@H]1O. The summed E-state index contributed by atoms with van der Waals surface area (Å²) in [6.45, 7) is -0.143. The number of alkyl halides is 3. The average molecular weight is 326 g/mol. The first-order valence-corrected chi connectivity index (χ1v) is 6.42. The molecule has 0 radical (unpaired) electrons. The second-order valence-electron chi connectivity index (χ2n) is 4.52. The highest BCUT2D eigenvalue weighted by atomic mass is 35.5. The van der Waals surface area contributed by atoms with Gasteiger partial charge in [0, 0.05) is 17.3 Å². The van der Waals surface area contributed by atoms with E-state index in [1.54, 1.807) is 0 Å². The zero-order valence-electron chi connectivity index (χ0n) is 10.6. The van der Waals surface area contributed by atoms with Gasteiger partial charge in [-0.25, -0.2) is 0 Å². The average Bonchev–Trinajstić information content (AvgIpc) is 2.40. The van der Waals surface area contributed by atoms with Gasteiger partial charge in [0.25, 0.3) is 0 Å². The third-order valence-corrected chi connectivity index (χ3v) is 2.97. The molecule has 21 heavy (non-hydrogen) atoms. The lowest BCUT2D eigenvalue weighted by Gasteiger charge is -2.35. The molecule has 0 bridgehead atoms. The first-order valence-electron chi connectivity index (χ1n) is 6.04. The molecular formula is C12H14ClF2NO5. The van der Waals surface area contributed by atoms with Crippen LogP contribution in [-0.4, -0.2) is 52.0 Å². The molecule has 0 aliphatic carbocycles. The van der Waals surface area contributed by atoms with Gasteiger partial charge in [-0.3, -0.25) is 0 Å². The minimum atomic E-state index is -3.79. The molecule has 6 nitrogen and oxygen atoms in total. The molecular weight excluding hydrogens is 312 g/mol. The van der Waals surface area contributed by atoms with Crippen molar-refractivity contribution in [3.05, 3.63) is 24.3 Å². The third-order valence-electron chi connectivity index (χ3n) is 2.90. The first-order chi connectivity index (χ1) is 9.76. The highest BCUT2D eigenvalue weighted by Gasteiger charge is 2.37. The Morgan fingerprint density at radius 2 is 1.81 bits per heavy atom. The Morgan fingerprint density at radius 3 is 2.38 bits per heavy atom. The quantitative estimate of drug-likeness (QED) is 0.609. The summed E-state index contributed by atoms with van der Waals surface area (Å²) < 4.78 is 34.2. The van der Waals surface area contributed by atoms with Gasteiger partial charge in [0.15, 0.2) is 6.23 Å². The van der Waals surface area contributed by atoms with Crippen molar-refractivity contribution in [1.82, 2.24) is 0 Å². The minimum absolute atomic E-state index is 0.138. The van der Waals surface area contributed by atoms with Crippen molar-refractivity contribution in [2.75, 3.05) is 11.9 Å². The van der Waals surface area contributed by atoms with E-state index in [0.29, 0.717) is 5.69 Å². The molecule has 4 atom stereocenters. The van der Waals surface area contributed by atoms with Gasteiger partial charge in [-0.2, -0.15) is 0 Å². The van der Waals surface area contributed by atoms with E-state index in [4.69, 9.17) is 4.74 Å². The predicted molar refractivity (Wildman–Crippen MR) is 69.3 cm³/mol. The van der Waals surface area contributed by atoms with Crippen molar-refractivity contribution >= 4 is 17.3 Å². The molecule has 1 fully saturated rings. The highest BCUT2D eigenvalue weighted by Crippen LogP contribution is 2.26. The maximum Gasteiger partial charge on any atom is 0.487 e. The van der Waals surface area contributed by atoms with Gasteiger partial charge in [-0.05, 0) is 24.3 Å². The molecule has 4 N–H and O–H groups in total. The summed E-state index contributed by atoms with van der Waals surface area (Å²) in [4.78, 5) is 0. The normalized spacial score (nSPS) is 30.0. The van der Waals surface area contributed by atoms with Gasteiger partial charge in [-0.15, -0.1) is 8.78 Å². The van der Waals surface area contributed by atoms with E-state index in [2.05, 4.69) is 21.7 Å². The van der Waals surface area contributed by atoms with Gasteiger partial charge in [0.05, 0.1) is 6.61 Å². The van der Waals surface area contributed by atoms with Crippen molar-refractivity contribution < 1.29 is 33.6 Å². The maximum atomic E-state index is 12.4. The number of aliphatic hydroxyl groups excluding tert-OH is 3. The van der Waals surface area contributed by atoms with Crippen LogP contribution in [0, 0.1) is 0 Å². The van der Waals surface area contributed by atoms with Crippen molar-refractivity contribution in [3.63, 3.8) is 0 Å². The molecule has 1 aliphatic heterocycles. The molecule has 0 spiro atoms. The number of benzene rings is 1. The lowest BCUT2D eigenvalue weighted by Crippen LogP contribution is -2.55. The Hall–Kier alpha value is -1.19. The molecule has 1 heterocycles. The molecule has 9 heteroatoms. The Labute approximate surface area is 123 Å². The van der Waals surface area contributed by atoms with Crippen molar-refractivity contribution in [3.8, 4) is 5.75 Å². The Balaban J connectivity index is 1.97. The third kappa shape index (κ3) is 4.39. The van der Waals surface area contributed by atoms with Crippen LogP contribution in [0.25, 0.3) is 0 Å².